The van der Waals surface area contributed by atoms with E-state index in [1.807, 2.05) is 6.07 Å². The Labute approximate surface area is 250 Å². The molecular weight excluding hydrogens is 868 g/mol. The largest absolute Gasteiger partial charge is 0.489 e. The molecule has 178 valence electrons. The van der Waals surface area contributed by atoms with Crippen LogP contribution >= 0.6 is 112 Å². The second-order valence-corrected chi connectivity index (χ2v) is 12.9. The number of hydrogen-bond donors (Lipinski definition) is 0. The van der Waals surface area contributed by atoms with Gasteiger partial charge in [-0.15, -0.1) is 0 Å². The molecule has 2 nitrogen and oxygen atoms in total. The Morgan fingerprint density at radius 3 is 1.72 bits per heavy atom. The molecule has 0 heterocycles. The van der Waals surface area contributed by atoms with Gasteiger partial charge in [0.05, 0.1) is 22.4 Å². The van der Waals surface area contributed by atoms with Crippen LogP contribution in [0.3, 0.4) is 0 Å². The first kappa shape index (κ1) is 29.6. The maximum Gasteiger partial charge on any atom is 0.150 e. The molecular formula is C23H25Br7O2. The van der Waals surface area contributed by atoms with Crippen molar-refractivity contribution in [2.75, 3.05) is 13.2 Å². The van der Waals surface area contributed by atoms with Crippen molar-refractivity contribution in [3.05, 3.63) is 49.0 Å². The van der Waals surface area contributed by atoms with Gasteiger partial charge in [-0.05, 0) is 136 Å². The van der Waals surface area contributed by atoms with E-state index in [2.05, 4.69) is 124 Å². The summed E-state index contributed by atoms with van der Waals surface area (Å²) < 4.78 is 18.3. The molecule has 0 unspecified atom stereocenters. The summed E-state index contributed by atoms with van der Waals surface area (Å²) >= 11 is 25.2. The summed E-state index contributed by atoms with van der Waals surface area (Å²) in [5.74, 6) is 1.51. The molecule has 0 saturated carbocycles. The Bertz CT molecular complexity index is 874. The van der Waals surface area contributed by atoms with Crippen molar-refractivity contribution in [1.29, 1.82) is 0 Å². The normalized spacial score (nSPS) is 11.1. The minimum Gasteiger partial charge on any atom is -0.489 e. The van der Waals surface area contributed by atoms with E-state index < -0.39 is 0 Å². The summed E-state index contributed by atoms with van der Waals surface area (Å²) in [6.45, 7) is 3.09. The lowest BCUT2D eigenvalue weighted by atomic mass is 10.0. The summed E-state index contributed by atoms with van der Waals surface area (Å²) in [5, 5.41) is 0. The molecule has 0 aliphatic heterocycles. The number of halogens is 7. The molecule has 0 aliphatic carbocycles. The molecule has 2 aromatic carbocycles. The molecule has 0 saturated heterocycles. The third-order valence-electron chi connectivity index (χ3n) is 4.93. The molecule has 0 amide bonds. The number of rotatable bonds is 13. The van der Waals surface area contributed by atoms with Gasteiger partial charge in [-0.25, -0.2) is 0 Å². The topological polar surface area (TPSA) is 18.5 Å². The van der Waals surface area contributed by atoms with E-state index in [4.69, 9.17) is 9.47 Å². The van der Waals surface area contributed by atoms with Crippen LogP contribution in [0.4, 0.5) is 0 Å². The smallest absolute Gasteiger partial charge is 0.150 e. The number of ether oxygens (including phenoxy) is 2. The average molecular weight is 893 g/mol. The molecule has 2 aromatic rings. The first-order chi connectivity index (χ1) is 15.3. The van der Waals surface area contributed by atoms with Crippen molar-refractivity contribution in [2.24, 2.45) is 0 Å². The molecule has 2 rings (SSSR count). The van der Waals surface area contributed by atoms with Gasteiger partial charge in [-0.1, -0.05) is 51.5 Å². The Kier molecular flexibility index (Phi) is 14.4. The molecule has 0 spiro atoms. The molecule has 9 heteroatoms. The highest BCUT2D eigenvalue weighted by molar-refractivity contribution is 9.16. The molecule has 0 bridgehead atoms. The third kappa shape index (κ3) is 8.51. The average Bonchev–Trinajstić information content (AvgIpc) is 2.79. The van der Waals surface area contributed by atoms with E-state index in [1.54, 1.807) is 0 Å². The lowest BCUT2D eigenvalue weighted by Crippen LogP contribution is -2.10. The van der Waals surface area contributed by atoms with Gasteiger partial charge in [0.2, 0.25) is 0 Å². The summed E-state index contributed by atoms with van der Waals surface area (Å²) in [5.41, 5.74) is 1.31. The molecule has 0 aliphatic rings. The number of hydrogen-bond acceptors (Lipinski definition) is 2. The zero-order valence-electron chi connectivity index (χ0n) is 17.7. The van der Waals surface area contributed by atoms with Gasteiger partial charge >= 0.3 is 0 Å². The van der Waals surface area contributed by atoms with Crippen LogP contribution in [0.5, 0.6) is 11.5 Å². The van der Waals surface area contributed by atoms with Crippen molar-refractivity contribution in [3.63, 3.8) is 0 Å². The molecule has 0 atom stereocenters. The van der Waals surface area contributed by atoms with Gasteiger partial charge in [-0.2, -0.15) is 0 Å². The summed E-state index contributed by atoms with van der Waals surface area (Å²) in [4.78, 5) is 0. The fraction of sp³-hybridized carbons (Fsp3) is 0.478. The van der Waals surface area contributed by atoms with Crippen LogP contribution < -0.4 is 9.47 Å². The van der Waals surface area contributed by atoms with Crippen LogP contribution in [0.1, 0.15) is 57.4 Å². The van der Waals surface area contributed by atoms with E-state index in [9.17, 15) is 0 Å². The van der Waals surface area contributed by atoms with Gasteiger partial charge in [0.1, 0.15) is 24.7 Å². The lowest BCUT2D eigenvalue weighted by molar-refractivity contribution is 0.214. The van der Waals surface area contributed by atoms with Gasteiger partial charge in [0.25, 0.3) is 0 Å². The minimum atomic E-state index is 0.404. The van der Waals surface area contributed by atoms with E-state index >= 15 is 0 Å². The van der Waals surface area contributed by atoms with Crippen molar-refractivity contribution < 1.29 is 9.47 Å². The van der Waals surface area contributed by atoms with Crippen LogP contribution in [0.15, 0.2) is 43.4 Å². The van der Waals surface area contributed by atoms with Gasteiger partial charge < -0.3 is 9.47 Å². The second-order valence-electron chi connectivity index (χ2n) is 7.32. The third-order valence-corrected chi connectivity index (χ3v) is 13.2. The Balaban J connectivity index is 1.85. The predicted molar refractivity (Wildman–Crippen MR) is 159 cm³/mol. The molecule has 0 fully saturated rings. The molecule has 0 aromatic heterocycles. The van der Waals surface area contributed by atoms with Crippen LogP contribution in [0, 0.1) is 0 Å². The van der Waals surface area contributed by atoms with Crippen molar-refractivity contribution in [1.82, 2.24) is 0 Å². The van der Waals surface area contributed by atoms with E-state index in [0.717, 1.165) is 43.5 Å². The van der Waals surface area contributed by atoms with Crippen LogP contribution in [-0.2, 0) is 6.42 Å². The summed E-state index contributed by atoms with van der Waals surface area (Å²) in [6, 6.07) is 4.18. The number of aryl methyl sites for hydroxylation is 1. The van der Waals surface area contributed by atoms with E-state index in [-0.39, 0.29) is 0 Å². The first-order valence-corrected chi connectivity index (χ1v) is 16.1. The van der Waals surface area contributed by atoms with Gasteiger partial charge in [-0.3, -0.25) is 0 Å². The maximum absolute atomic E-state index is 5.97. The zero-order valence-corrected chi connectivity index (χ0v) is 28.8. The predicted octanol–water partition coefficient (Wildman–Crippen LogP) is 11.8. The monoisotopic (exact) mass is 886 g/mol. The fourth-order valence-electron chi connectivity index (χ4n) is 3.16. The summed E-state index contributed by atoms with van der Waals surface area (Å²) in [6.07, 6.45) is 10.3. The van der Waals surface area contributed by atoms with E-state index in [0.29, 0.717) is 19.0 Å². The lowest BCUT2D eigenvalue weighted by Gasteiger charge is -2.16. The van der Waals surface area contributed by atoms with Gasteiger partial charge in [0.15, 0.2) is 0 Å². The Hall–Kier alpha value is 1.40. The maximum atomic E-state index is 5.97. The second kappa shape index (κ2) is 15.5. The molecule has 0 N–H and O–H groups in total. The van der Waals surface area contributed by atoms with Crippen molar-refractivity contribution >= 4 is 112 Å². The highest BCUT2D eigenvalue weighted by Gasteiger charge is 2.19. The Morgan fingerprint density at radius 1 is 0.562 bits per heavy atom. The van der Waals surface area contributed by atoms with Crippen molar-refractivity contribution in [3.8, 4) is 11.5 Å². The highest BCUT2D eigenvalue weighted by Crippen LogP contribution is 2.48. The van der Waals surface area contributed by atoms with Crippen LogP contribution in [-0.4, -0.2) is 13.2 Å². The van der Waals surface area contributed by atoms with E-state index in [1.165, 1.54) is 50.5 Å². The fourth-order valence-corrected chi connectivity index (χ4v) is 7.42. The summed E-state index contributed by atoms with van der Waals surface area (Å²) in [7, 11) is 0. The molecule has 32 heavy (non-hydrogen) atoms. The molecule has 0 radical (unpaired) electrons. The number of benzene rings is 2. The van der Waals surface area contributed by atoms with Crippen LogP contribution in [0.25, 0.3) is 0 Å². The van der Waals surface area contributed by atoms with Crippen LogP contribution in [0.2, 0.25) is 0 Å². The standard InChI is InChI=1S/C23H25Br7O2/c1-2-3-4-5-6-7-8-9-14-10-11-15(17(25)16(14)24)31-12-13-32-23-21(29)19(27)18(26)20(28)22(23)30/h10-11H,2-9,12-13H2,1H3. The SMILES string of the molecule is CCCCCCCCCc1ccc(OCCOc2c(Br)c(Br)c(Br)c(Br)c2Br)c(Br)c1Br. The van der Waals surface area contributed by atoms with Gasteiger partial charge in [0, 0.05) is 8.95 Å². The minimum absolute atomic E-state index is 0.404. The first-order valence-electron chi connectivity index (χ1n) is 10.5. The van der Waals surface area contributed by atoms with Crippen molar-refractivity contribution in [2.45, 2.75) is 58.3 Å². The zero-order chi connectivity index (χ0) is 23.7. The quantitative estimate of drug-likeness (QED) is 0.113. The highest BCUT2D eigenvalue weighted by atomic mass is 79.9. The Morgan fingerprint density at radius 2 is 1.09 bits per heavy atom. The number of unbranched alkanes of at least 4 members (excludes halogenated alkanes) is 6.